The molecule has 3 aromatic carbocycles. The second-order valence-corrected chi connectivity index (χ2v) is 6.96. The summed E-state index contributed by atoms with van der Waals surface area (Å²) in [5, 5.41) is 4.79. The minimum absolute atomic E-state index is 0.931. The highest BCUT2D eigenvalue weighted by atomic mass is 16.3. The van der Waals surface area contributed by atoms with Crippen LogP contribution in [0.2, 0.25) is 0 Å². The summed E-state index contributed by atoms with van der Waals surface area (Å²) in [6.45, 7) is 4.30. The molecule has 2 heterocycles. The number of rotatable bonds is 1. The van der Waals surface area contributed by atoms with Gasteiger partial charge in [-0.15, -0.1) is 0 Å². The lowest BCUT2D eigenvalue weighted by atomic mass is 9.96. The number of furan rings is 1. The van der Waals surface area contributed by atoms with Gasteiger partial charge in [0.15, 0.2) is 6.20 Å². The van der Waals surface area contributed by atoms with Gasteiger partial charge in [-0.2, -0.15) is 4.57 Å². The number of aryl methyl sites for hydroxylation is 3. The normalized spacial score (nSPS) is 11.7. The molecule has 0 spiro atoms. The first-order valence-electron chi connectivity index (χ1n) is 8.79. The summed E-state index contributed by atoms with van der Waals surface area (Å²) in [5.74, 6) is 0. The molecule has 3 nitrogen and oxygen atoms in total. The van der Waals surface area contributed by atoms with Crippen LogP contribution in [0.5, 0.6) is 0 Å². The van der Waals surface area contributed by atoms with Crippen molar-refractivity contribution in [3.63, 3.8) is 0 Å². The molecule has 0 atom stereocenters. The molecular formula is C23H19N2O+. The third-order valence-electron chi connectivity index (χ3n) is 5.21. The van der Waals surface area contributed by atoms with E-state index in [1.807, 2.05) is 19.4 Å². The molecule has 0 aliphatic carbocycles. The Kier molecular flexibility index (Phi) is 3.13. The van der Waals surface area contributed by atoms with Crippen molar-refractivity contribution in [1.82, 2.24) is 4.98 Å². The van der Waals surface area contributed by atoms with E-state index in [0.29, 0.717) is 0 Å². The number of benzene rings is 3. The second-order valence-electron chi connectivity index (χ2n) is 6.96. The predicted octanol–water partition coefficient (Wildman–Crippen LogP) is 5.24. The van der Waals surface area contributed by atoms with Crippen LogP contribution in [0.4, 0.5) is 0 Å². The second kappa shape index (κ2) is 5.40. The SMILES string of the molecule is Cc1cc(C)c2c(oc3cc4ccccc4cc32)c1-c1cncc[n+]1C. The Morgan fingerprint density at radius 1 is 0.962 bits per heavy atom. The molecule has 0 fully saturated rings. The van der Waals surface area contributed by atoms with Crippen molar-refractivity contribution in [2.45, 2.75) is 13.8 Å². The minimum Gasteiger partial charge on any atom is -0.455 e. The summed E-state index contributed by atoms with van der Waals surface area (Å²) < 4.78 is 8.51. The maximum Gasteiger partial charge on any atom is 0.234 e. The molecule has 26 heavy (non-hydrogen) atoms. The van der Waals surface area contributed by atoms with Gasteiger partial charge in [0.2, 0.25) is 5.69 Å². The fourth-order valence-electron chi connectivity index (χ4n) is 3.98. The molecule has 5 aromatic rings. The highest BCUT2D eigenvalue weighted by molar-refractivity contribution is 6.14. The van der Waals surface area contributed by atoms with E-state index >= 15 is 0 Å². The third-order valence-corrected chi connectivity index (χ3v) is 5.21. The maximum absolute atomic E-state index is 6.42. The zero-order chi connectivity index (χ0) is 17.8. The van der Waals surface area contributed by atoms with E-state index in [2.05, 4.69) is 65.9 Å². The Morgan fingerprint density at radius 3 is 2.50 bits per heavy atom. The van der Waals surface area contributed by atoms with Gasteiger partial charge in [0.1, 0.15) is 18.2 Å². The van der Waals surface area contributed by atoms with Gasteiger partial charge in [0.05, 0.1) is 18.0 Å². The highest BCUT2D eigenvalue weighted by Gasteiger charge is 2.22. The standard InChI is InChI=1S/C23H19N2O/c1-14-10-15(2)22(19-13-24-8-9-25(19)3)23-21(14)18-11-16-6-4-5-7-17(16)12-20(18)26-23/h4-13H,1-3H3/q+1. The van der Waals surface area contributed by atoms with Crippen LogP contribution in [-0.2, 0) is 7.05 Å². The van der Waals surface area contributed by atoms with E-state index < -0.39 is 0 Å². The molecule has 0 radical (unpaired) electrons. The van der Waals surface area contributed by atoms with Crippen LogP contribution in [0, 0.1) is 13.8 Å². The largest absolute Gasteiger partial charge is 0.455 e. The average molecular weight is 339 g/mol. The lowest BCUT2D eigenvalue weighted by Crippen LogP contribution is -2.30. The van der Waals surface area contributed by atoms with Crippen LogP contribution in [0.3, 0.4) is 0 Å². The van der Waals surface area contributed by atoms with Gasteiger partial charge >= 0.3 is 0 Å². The third kappa shape index (κ3) is 2.07. The van der Waals surface area contributed by atoms with Gasteiger partial charge in [-0.3, -0.25) is 4.98 Å². The molecule has 0 saturated heterocycles. The maximum atomic E-state index is 6.42. The van der Waals surface area contributed by atoms with Crippen molar-refractivity contribution in [2.24, 2.45) is 7.05 Å². The average Bonchev–Trinajstić information content (AvgIpc) is 2.99. The predicted molar refractivity (Wildman–Crippen MR) is 105 cm³/mol. The summed E-state index contributed by atoms with van der Waals surface area (Å²) >= 11 is 0. The zero-order valence-electron chi connectivity index (χ0n) is 15.1. The number of fused-ring (bicyclic) bond motifs is 4. The van der Waals surface area contributed by atoms with E-state index in [9.17, 15) is 0 Å². The molecule has 3 heteroatoms. The molecule has 0 N–H and O–H groups in total. The van der Waals surface area contributed by atoms with E-state index in [1.54, 1.807) is 6.20 Å². The molecule has 0 amide bonds. The van der Waals surface area contributed by atoms with Gasteiger partial charge in [0.25, 0.3) is 0 Å². The Labute approximate surface area is 151 Å². The number of hydrogen-bond donors (Lipinski definition) is 0. The summed E-state index contributed by atoms with van der Waals surface area (Å²) in [4.78, 5) is 4.33. The van der Waals surface area contributed by atoms with Gasteiger partial charge in [-0.1, -0.05) is 30.3 Å². The van der Waals surface area contributed by atoms with Crippen molar-refractivity contribution >= 4 is 32.7 Å². The lowest BCUT2D eigenvalue weighted by Gasteiger charge is -2.07. The Hall–Kier alpha value is -3.20. The van der Waals surface area contributed by atoms with E-state index in [-0.39, 0.29) is 0 Å². The number of nitrogens with zero attached hydrogens (tertiary/aromatic N) is 2. The minimum atomic E-state index is 0.931. The summed E-state index contributed by atoms with van der Waals surface area (Å²) in [7, 11) is 2.04. The van der Waals surface area contributed by atoms with Crippen LogP contribution in [0.15, 0.2) is 65.5 Å². The van der Waals surface area contributed by atoms with Crippen LogP contribution < -0.4 is 4.57 Å². The zero-order valence-corrected chi connectivity index (χ0v) is 15.1. The van der Waals surface area contributed by atoms with Crippen LogP contribution in [0.25, 0.3) is 44.0 Å². The quantitative estimate of drug-likeness (QED) is 0.391. The number of aromatic nitrogens is 2. The molecule has 0 unspecified atom stereocenters. The van der Waals surface area contributed by atoms with Gasteiger partial charge < -0.3 is 4.42 Å². The molecule has 2 aromatic heterocycles. The molecule has 0 aliphatic rings. The van der Waals surface area contributed by atoms with Gasteiger partial charge in [0, 0.05) is 10.8 Å². The molecule has 0 bridgehead atoms. The van der Waals surface area contributed by atoms with Crippen molar-refractivity contribution in [1.29, 1.82) is 0 Å². The Balaban J connectivity index is 1.98. The number of hydrogen-bond acceptors (Lipinski definition) is 2. The van der Waals surface area contributed by atoms with E-state index in [4.69, 9.17) is 4.42 Å². The first-order valence-corrected chi connectivity index (χ1v) is 8.79. The lowest BCUT2D eigenvalue weighted by molar-refractivity contribution is -0.660. The smallest absolute Gasteiger partial charge is 0.234 e. The van der Waals surface area contributed by atoms with Crippen molar-refractivity contribution in [2.75, 3.05) is 0 Å². The molecule has 126 valence electrons. The molecular weight excluding hydrogens is 320 g/mol. The van der Waals surface area contributed by atoms with E-state index in [0.717, 1.165) is 22.4 Å². The van der Waals surface area contributed by atoms with Gasteiger partial charge in [-0.25, -0.2) is 0 Å². The van der Waals surface area contributed by atoms with Crippen molar-refractivity contribution in [3.8, 4) is 11.3 Å². The highest BCUT2D eigenvalue weighted by Crippen LogP contribution is 2.40. The molecule has 0 saturated carbocycles. The molecule has 0 aliphatic heterocycles. The first-order chi connectivity index (χ1) is 12.6. The monoisotopic (exact) mass is 339 g/mol. The Bertz CT molecular complexity index is 1310. The van der Waals surface area contributed by atoms with Crippen LogP contribution in [-0.4, -0.2) is 4.98 Å². The Morgan fingerprint density at radius 2 is 1.73 bits per heavy atom. The fraction of sp³-hybridized carbons (Fsp3) is 0.130. The summed E-state index contributed by atoms with van der Waals surface area (Å²) in [6.07, 6.45) is 5.67. The van der Waals surface area contributed by atoms with Gasteiger partial charge in [-0.05, 0) is 47.9 Å². The van der Waals surface area contributed by atoms with Crippen LogP contribution in [0.1, 0.15) is 11.1 Å². The van der Waals surface area contributed by atoms with E-state index in [1.165, 1.54) is 32.7 Å². The van der Waals surface area contributed by atoms with Crippen LogP contribution >= 0.6 is 0 Å². The topological polar surface area (TPSA) is 29.9 Å². The molecule has 5 rings (SSSR count). The van der Waals surface area contributed by atoms with Crippen molar-refractivity contribution in [3.05, 3.63) is 72.2 Å². The first kappa shape index (κ1) is 15.1. The summed E-state index contributed by atoms with van der Waals surface area (Å²) in [6, 6.07) is 15.1. The fourth-order valence-corrected chi connectivity index (χ4v) is 3.98. The summed E-state index contributed by atoms with van der Waals surface area (Å²) in [5.41, 5.74) is 6.47. The van der Waals surface area contributed by atoms with Crippen molar-refractivity contribution < 1.29 is 8.98 Å².